The van der Waals surface area contributed by atoms with Crippen LogP contribution >= 0.6 is 0 Å². The van der Waals surface area contributed by atoms with Crippen LogP contribution in [0.4, 0.5) is 8.78 Å². The number of carbonyl (C=O) groups is 1. The maximum absolute atomic E-state index is 14.1. The van der Waals surface area contributed by atoms with E-state index in [-0.39, 0.29) is 11.1 Å². The molecule has 0 atom stereocenters. The highest BCUT2D eigenvalue weighted by atomic mass is 19.2. The summed E-state index contributed by atoms with van der Waals surface area (Å²) in [4.78, 5) is 35.8. The summed E-state index contributed by atoms with van der Waals surface area (Å²) in [5.74, 6) is -2.92. The van der Waals surface area contributed by atoms with E-state index in [9.17, 15) is 23.2 Å². The van der Waals surface area contributed by atoms with Crippen molar-refractivity contribution < 1.29 is 18.3 Å². The number of ether oxygens (including phenoxy) is 1. The van der Waals surface area contributed by atoms with Gasteiger partial charge in [-0.25, -0.2) is 13.6 Å². The molecule has 0 saturated carbocycles. The first-order valence-electron chi connectivity index (χ1n) is 7.17. The standard InChI is InChI=1S/C16H16F2N2O4/c1-9(2)20-15(22)12(11-5-4-6-13(17)14(11)18)7-19(16(20)23)8-24-10(3)21/h4-7,9H,8H2,1-3H3. The molecule has 0 saturated heterocycles. The fourth-order valence-electron chi connectivity index (χ4n) is 2.23. The van der Waals surface area contributed by atoms with Crippen LogP contribution in [-0.4, -0.2) is 15.1 Å². The average Bonchev–Trinajstić information content (AvgIpc) is 2.49. The van der Waals surface area contributed by atoms with Gasteiger partial charge in [-0.15, -0.1) is 0 Å². The molecule has 0 aliphatic rings. The fraction of sp³-hybridized carbons (Fsp3) is 0.312. The lowest BCUT2D eigenvalue weighted by Gasteiger charge is -2.15. The number of hydrogen-bond acceptors (Lipinski definition) is 4. The van der Waals surface area contributed by atoms with Gasteiger partial charge in [0, 0.05) is 24.7 Å². The third-order valence-corrected chi connectivity index (χ3v) is 3.35. The Morgan fingerprint density at radius 2 is 1.88 bits per heavy atom. The van der Waals surface area contributed by atoms with Crippen molar-refractivity contribution in [2.24, 2.45) is 0 Å². The molecule has 6 nitrogen and oxygen atoms in total. The van der Waals surface area contributed by atoms with Gasteiger partial charge < -0.3 is 4.74 Å². The number of hydrogen-bond donors (Lipinski definition) is 0. The molecule has 8 heteroatoms. The SMILES string of the molecule is CC(=O)OCn1cc(-c2cccc(F)c2F)c(=O)n(C(C)C)c1=O. The van der Waals surface area contributed by atoms with Gasteiger partial charge in [-0.05, 0) is 19.9 Å². The Labute approximate surface area is 135 Å². The molecule has 0 fully saturated rings. The highest BCUT2D eigenvalue weighted by Crippen LogP contribution is 2.21. The second kappa shape index (κ2) is 6.77. The number of esters is 1. The van der Waals surface area contributed by atoms with Gasteiger partial charge in [0.05, 0.1) is 5.56 Å². The summed E-state index contributed by atoms with van der Waals surface area (Å²) in [7, 11) is 0. The smallest absolute Gasteiger partial charge is 0.333 e. The molecule has 0 spiro atoms. The minimum absolute atomic E-state index is 0.201. The summed E-state index contributed by atoms with van der Waals surface area (Å²) in [6.07, 6.45) is 1.06. The Hall–Kier alpha value is -2.77. The number of rotatable bonds is 4. The van der Waals surface area contributed by atoms with E-state index in [0.717, 1.165) is 28.3 Å². The molecule has 0 aliphatic carbocycles. The molecule has 0 unspecified atom stereocenters. The maximum atomic E-state index is 14.1. The molecular formula is C16H16F2N2O4. The molecule has 128 valence electrons. The monoisotopic (exact) mass is 338 g/mol. The topological polar surface area (TPSA) is 70.3 Å². The largest absolute Gasteiger partial charge is 0.444 e. The van der Waals surface area contributed by atoms with Crippen LogP contribution in [0, 0.1) is 11.6 Å². The molecular weight excluding hydrogens is 322 g/mol. The van der Waals surface area contributed by atoms with Crippen LogP contribution in [0.1, 0.15) is 26.8 Å². The minimum atomic E-state index is -1.19. The van der Waals surface area contributed by atoms with Crippen molar-refractivity contribution >= 4 is 5.97 Å². The van der Waals surface area contributed by atoms with E-state index in [1.807, 2.05) is 0 Å². The van der Waals surface area contributed by atoms with Crippen molar-refractivity contribution in [3.8, 4) is 11.1 Å². The first-order chi connectivity index (χ1) is 11.2. The van der Waals surface area contributed by atoms with E-state index in [0.29, 0.717) is 0 Å². The number of benzene rings is 1. The Kier molecular flexibility index (Phi) is 4.96. The summed E-state index contributed by atoms with van der Waals surface area (Å²) in [5, 5.41) is 0. The molecule has 0 N–H and O–H groups in total. The van der Waals surface area contributed by atoms with Crippen molar-refractivity contribution in [3.05, 3.63) is 56.9 Å². The van der Waals surface area contributed by atoms with Gasteiger partial charge in [0.25, 0.3) is 5.56 Å². The van der Waals surface area contributed by atoms with Gasteiger partial charge in [-0.2, -0.15) is 0 Å². The fourth-order valence-corrected chi connectivity index (χ4v) is 2.23. The summed E-state index contributed by atoms with van der Waals surface area (Å²) in [5.41, 5.74) is -1.94. The molecule has 24 heavy (non-hydrogen) atoms. The molecule has 1 aromatic carbocycles. The van der Waals surface area contributed by atoms with Gasteiger partial charge in [-0.3, -0.25) is 18.7 Å². The molecule has 0 radical (unpaired) electrons. The Morgan fingerprint density at radius 3 is 2.46 bits per heavy atom. The van der Waals surface area contributed by atoms with Gasteiger partial charge in [-0.1, -0.05) is 12.1 Å². The van der Waals surface area contributed by atoms with Gasteiger partial charge >= 0.3 is 11.7 Å². The summed E-state index contributed by atoms with van der Waals surface area (Å²) in [6, 6.07) is 2.90. The van der Waals surface area contributed by atoms with Crippen LogP contribution in [0.5, 0.6) is 0 Å². The van der Waals surface area contributed by atoms with E-state index >= 15 is 0 Å². The molecule has 2 rings (SSSR count). The zero-order valence-corrected chi connectivity index (χ0v) is 13.4. The third-order valence-electron chi connectivity index (χ3n) is 3.35. The average molecular weight is 338 g/mol. The molecule has 0 aliphatic heterocycles. The second-order valence-corrected chi connectivity index (χ2v) is 5.43. The maximum Gasteiger partial charge on any atom is 0.333 e. The van der Waals surface area contributed by atoms with Crippen molar-refractivity contribution in [3.63, 3.8) is 0 Å². The lowest BCUT2D eigenvalue weighted by molar-refractivity contribution is -0.144. The van der Waals surface area contributed by atoms with E-state index in [1.165, 1.54) is 12.1 Å². The number of halogens is 2. The molecule has 0 amide bonds. The summed E-state index contributed by atoms with van der Waals surface area (Å²) in [6.45, 7) is 3.93. The quantitative estimate of drug-likeness (QED) is 0.800. The van der Waals surface area contributed by atoms with Crippen LogP contribution in [0.25, 0.3) is 11.1 Å². The third kappa shape index (κ3) is 3.27. The van der Waals surface area contributed by atoms with Crippen LogP contribution in [0.3, 0.4) is 0 Å². The van der Waals surface area contributed by atoms with Crippen LogP contribution < -0.4 is 11.2 Å². The van der Waals surface area contributed by atoms with E-state index < -0.39 is 41.6 Å². The van der Waals surface area contributed by atoms with Gasteiger partial charge in [0.2, 0.25) is 0 Å². The van der Waals surface area contributed by atoms with Gasteiger partial charge in [0.15, 0.2) is 18.4 Å². The molecule has 2 aromatic rings. The van der Waals surface area contributed by atoms with E-state index in [2.05, 4.69) is 0 Å². The minimum Gasteiger partial charge on any atom is -0.444 e. The number of carbonyl (C=O) groups excluding carboxylic acids is 1. The van der Waals surface area contributed by atoms with Crippen molar-refractivity contribution in [1.82, 2.24) is 9.13 Å². The second-order valence-electron chi connectivity index (χ2n) is 5.43. The first kappa shape index (κ1) is 17.6. The number of nitrogens with zero attached hydrogens (tertiary/aromatic N) is 2. The van der Waals surface area contributed by atoms with Crippen molar-refractivity contribution in [1.29, 1.82) is 0 Å². The lowest BCUT2D eigenvalue weighted by atomic mass is 10.1. The predicted octanol–water partition coefficient (Wildman–Crippen LogP) is 2.06. The summed E-state index contributed by atoms with van der Waals surface area (Å²) < 4.78 is 34.1. The van der Waals surface area contributed by atoms with Crippen LogP contribution in [0.2, 0.25) is 0 Å². The highest BCUT2D eigenvalue weighted by Gasteiger charge is 2.19. The predicted molar refractivity (Wildman–Crippen MR) is 82.5 cm³/mol. The normalized spacial score (nSPS) is 10.9. The molecule has 1 aromatic heterocycles. The van der Waals surface area contributed by atoms with E-state index in [4.69, 9.17) is 4.74 Å². The molecule has 1 heterocycles. The van der Waals surface area contributed by atoms with Crippen LogP contribution in [-0.2, 0) is 16.3 Å². The highest BCUT2D eigenvalue weighted by molar-refractivity contribution is 5.65. The lowest BCUT2D eigenvalue weighted by Crippen LogP contribution is -2.41. The Bertz CT molecular complexity index is 900. The first-order valence-corrected chi connectivity index (χ1v) is 7.17. The van der Waals surface area contributed by atoms with E-state index in [1.54, 1.807) is 13.8 Å². The van der Waals surface area contributed by atoms with Crippen molar-refractivity contribution in [2.75, 3.05) is 0 Å². The Balaban J connectivity index is 2.76. The number of aromatic nitrogens is 2. The summed E-state index contributed by atoms with van der Waals surface area (Å²) >= 11 is 0. The van der Waals surface area contributed by atoms with Gasteiger partial charge in [0.1, 0.15) is 0 Å². The Morgan fingerprint density at radius 1 is 1.21 bits per heavy atom. The van der Waals surface area contributed by atoms with Crippen molar-refractivity contribution in [2.45, 2.75) is 33.5 Å². The zero-order valence-electron chi connectivity index (χ0n) is 13.4. The molecule has 0 bridgehead atoms. The zero-order chi connectivity index (χ0) is 18.0. The van der Waals surface area contributed by atoms with Crippen LogP contribution in [0.15, 0.2) is 34.0 Å².